The van der Waals surface area contributed by atoms with Crippen LogP contribution < -0.4 is 9.47 Å². The minimum Gasteiger partial charge on any atom is -0.344 e. The number of benzene rings is 6. The molecule has 0 radical (unpaired) electrons. The highest BCUT2D eigenvalue weighted by Crippen LogP contribution is 2.53. The van der Waals surface area contributed by atoms with E-state index in [-0.39, 0.29) is 5.92 Å². The second kappa shape index (κ2) is 10.7. The van der Waals surface area contributed by atoms with E-state index in [2.05, 4.69) is 189 Å². The summed E-state index contributed by atoms with van der Waals surface area (Å²) in [5, 5.41) is 2.47. The zero-order valence-electron chi connectivity index (χ0n) is 24.4. The lowest BCUT2D eigenvalue weighted by Gasteiger charge is -2.36. The van der Waals surface area contributed by atoms with Gasteiger partial charge in [-0.1, -0.05) is 117 Å². The molecule has 2 nitrogen and oxygen atoms in total. The van der Waals surface area contributed by atoms with Gasteiger partial charge >= 0.3 is 0 Å². The molecule has 0 fully saturated rings. The fraction of sp³-hybridized carbons (Fsp3) is 0.0750. The largest absolute Gasteiger partial charge is 0.344 e. The molecule has 7 aromatic rings. The van der Waals surface area contributed by atoms with E-state index in [0.717, 1.165) is 8.95 Å². The van der Waals surface area contributed by atoms with Gasteiger partial charge in [-0.3, -0.25) is 0 Å². The highest BCUT2D eigenvalue weighted by Gasteiger charge is 2.33. The molecule has 0 unspecified atom stereocenters. The highest BCUT2D eigenvalue weighted by molar-refractivity contribution is 9.11. The predicted molar refractivity (Wildman–Crippen MR) is 191 cm³/mol. The van der Waals surface area contributed by atoms with Crippen molar-refractivity contribution in [1.82, 2.24) is 0 Å². The van der Waals surface area contributed by atoms with E-state index in [1.165, 1.54) is 72.1 Å². The molecule has 0 aliphatic carbocycles. The molecule has 1 aromatic heterocycles. The number of aryl methyl sites for hydroxylation is 1. The molecular formula is C40H29Br2N2+. The van der Waals surface area contributed by atoms with E-state index in [9.17, 15) is 0 Å². The molecule has 44 heavy (non-hydrogen) atoms. The summed E-state index contributed by atoms with van der Waals surface area (Å²) in [6.07, 6.45) is 0. The Balaban J connectivity index is 1.49. The Morgan fingerprint density at radius 2 is 0.977 bits per heavy atom. The first-order chi connectivity index (χ1) is 21.5. The van der Waals surface area contributed by atoms with Gasteiger partial charge in [0.25, 0.3) is 0 Å². The molecule has 0 amide bonds. The third-order valence-corrected chi connectivity index (χ3v) is 10.5. The molecule has 0 spiro atoms. The van der Waals surface area contributed by atoms with E-state index >= 15 is 0 Å². The van der Waals surface area contributed by atoms with Crippen molar-refractivity contribution in [2.24, 2.45) is 7.05 Å². The number of anilines is 2. The lowest BCUT2D eigenvalue weighted by atomic mass is 9.77. The first-order valence-corrected chi connectivity index (χ1v) is 16.4. The van der Waals surface area contributed by atoms with Gasteiger partial charge in [-0.25, -0.2) is 0 Å². The maximum absolute atomic E-state index is 4.06. The number of aromatic nitrogens is 1. The molecule has 4 heteroatoms. The molecule has 1 aliphatic heterocycles. The summed E-state index contributed by atoms with van der Waals surface area (Å²) < 4.78 is 4.45. The molecular weight excluding hydrogens is 668 g/mol. The number of nitrogens with zero attached hydrogens (tertiary/aromatic N) is 2. The summed E-state index contributed by atoms with van der Waals surface area (Å²) in [6.45, 7) is 0. The lowest BCUT2D eigenvalue weighted by molar-refractivity contribution is -0.617. The van der Waals surface area contributed by atoms with Crippen LogP contribution in [0.25, 0.3) is 44.1 Å². The first kappa shape index (κ1) is 27.3. The van der Waals surface area contributed by atoms with Crippen molar-refractivity contribution < 1.29 is 4.57 Å². The summed E-state index contributed by atoms with van der Waals surface area (Å²) in [7, 11) is 4.34. The van der Waals surface area contributed by atoms with Crippen LogP contribution in [-0.4, -0.2) is 7.05 Å². The van der Waals surface area contributed by atoms with Crippen molar-refractivity contribution in [1.29, 1.82) is 0 Å². The van der Waals surface area contributed by atoms with Crippen molar-refractivity contribution in [3.63, 3.8) is 0 Å². The lowest BCUT2D eigenvalue weighted by Crippen LogP contribution is -2.30. The number of pyridine rings is 1. The third kappa shape index (κ3) is 4.08. The number of para-hydroxylation sites is 4. The van der Waals surface area contributed by atoms with Gasteiger partial charge in [-0.2, -0.15) is 4.57 Å². The molecule has 8 rings (SSSR count). The molecule has 1 aliphatic rings. The summed E-state index contributed by atoms with van der Waals surface area (Å²) in [4.78, 5) is 2.32. The molecule has 212 valence electrons. The van der Waals surface area contributed by atoms with E-state index < -0.39 is 0 Å². The summed E-state index contributed by atoms with van der Waals surface area (Å²) >= 11 is 8.11. The van der Waals surface area contributed by atoms with E-state index in [1.807, 2.05) is 0 Å². The summed E-state index contributed by atoms with van der Waals surface area (Å²) in [5.41, 5.74) is 13.6. The molecule has 0 bridgehead atoms. The average Bonchev–Trinajstić information content (AvgIpc) is 3.06. The van der Waals surface area contributed by atoms with Gasteiger partial charge < -0.3 is 4.90 Å². The first-order valence-electron chi connectivity index (χ1n) is 14.8. The van der Waals surface area contributed by atoms with Crippen LogP contribution in [0, 0.1) is 0 Å². The van der Waals surface area contributed by atoms with Crippen LogP contribution in [0.15, 0.2) is 142 Å². The fourth-order valence-electron chi connectivity index (χ4n) is 7.26. The molecule has 0 atom stereocenters. The quantitative estimate of drug-likeness (QED) is 0.132. The zero-order chi connectivity index (χ0) is 29.9. The van der Waals surface area contributed by atoms with Crippen molar-refractivity contribution >= 4 is 65.0 Å². The van der Waals surface area contributed by atoms with Crippen LogP contribution >= 0.6 is 31.9 Å². The van der Waals surface area contributed by atoms with Gasteiger partial charge in [0.1, 0.15) is 7.05 Å². The predicted octanol–water partition coefficient (Wildman–Crippen LogP) is 10.9. The topological polar surface area (TPSA) is 7.12 Å². The second-order valence-electron chi connectivity index (χ2n) is 11.4. The van der Waals surface area contributed by atoms with Gasteiger partial charge in [0.2, 0.25) is 11.0 Å². The Labute approximate surface area is 274 Å². The minimum atomic E-state index is 0.0631. The number of fused-ring (bicyclic) bond motifs is 4. The minimum absolute atomic E-state index is 0.0631. The van der Waals surface area contributed by atoms with E-state index in [4.69, 9.17) is 0 Å². The number of hydrogen-bond donors (Lipinski definition) is 0. The van der Waals surface area contributed by atoms with Gasteiger partial charge in [-0.15, -0.1) is 0 Å². The Bertz CT molecular complexity index is 2150. The fourth-order valence-corrected chi connectivity index (χ4v) is 8.40. The van der Waals surface area contributed by atoms with Crippen LogP contribution in [0.1, 0.15) is 22.6 Å². The van der Waals surface area contributed by atoms with Crippen molar-refractivity contribution in [3.05, 3.63) is 159 Å². The normalized spacial score (nSPS) is 12.9. The summed E-state index contributed by atoms with van der Waals surface area (Å²) in [6, 6.07) is 48.5. The third-order valence-electron chi connectivity index (χ3n) is 9.18. The van der Waals surface area contributed by atoms with Gasteiger partial charge in [0.05, 0.1) is 10.8 Å². The van der Waals surface area contributed by atoms with Gasteiger partial charge in [0.15, 0.2) is 0 Å². The Kier molecular flexibility index (Phi) is 6.66. The van der Waals surface area contributed by atoms with Crippen LogP contribution in [0.4, 0.5) is 11.4 Å². The van der Waals surface area contributed by atoms with Gasteiger partial charge in [-0.05, 0) is 58.7 Å². The Morgan fingerprint density at radius 1 is 0.500 bits per heavy atom. The smallest absolute Gasteiger partial charge is 0.213 e. The number of rotatable bonds is 3. The van der Waals surface area contributed by atoms with Crippen molar-refractivity contribution in [2.45, 2.75) is 5.92 Å². The van der Waals surface area contributed by atoms with Crippen molar-refractivity contribution in [3.8, 4) is 22.3 Å². The number of hydrogen-bond acceptors (Lipinski definition) is 1. The monoisotopic (exact) mass is 695 g/mol. The van der Waals surface area contributed by atoms with Crippen LogP contribution in [0.2, 0.25) is 0 Å². The zero-order valence-corrected chi connectivity index (χ0v) is 27.6. The molecule has 0 saturated carbocycles. The Hall–Kier alpha value is -4.25. The van der Waals surface area contributed by atoms with Crippen LogP contribution in [-0.2, 0) is 7.05 Å². The maximum Gasteiger partial charge on any atom is 0.213 e. The number of halogens is 2. The molecule has 0 saturated heterocycles. The SMILES string of the molecule is CN1c2ccccc2C(c2cccc(Br)c2-c2c(Br)cccc2-c2c3ccccc3[n+](C)c3ccccc23)c2ccccc21. The molecule has 2 heterocycles. The van der Waals surface area contributed by atoms with E-state index in [0.29, 0.717) is 0 Å². The highest BCUT2D eigenvalue weighted by atomic mass is 79.9. The summed E-state index contributed by atoms with van der Waals surface area (Å²) in [5.74, 6) is 0.0631. The molecule has 0 N–H and O–H groups in total. The van der Waals surface area contributed by atoms with E-state index in [1.54, 1.807) is 0 Å². The second-order valence-corrected chi connectivity index (χ2v) is 13.2. The maximum atomic E-state index is 4.06. The Morgan fingerprint density at radius 3 is 1.59 bits per heavy atom. The standard InChI is InChI=1S/C40H29Br2N2/c1-43-33-21-7-3-13-25(33)37(26-14-4-8-22-34(26)43)29-17-11-19-31(41)39(29)40-30(18-12-20-32(40)42)38-27-15-5-9-23-35(27)44(2)36-24-10-6-16-28(36)38/h3-24,37H,1-2H3/q+1. The van der Waals surface area contributed by atoms with Gasteiger partial charge in [0, 0.05) is 62.1 Å². The average molecular weight is 697 g/mol. The van der Waals surface area contributed by atoms with Crippen LogP contribution in [0.3, 0.4) is 0 Å². The molecule has 6 aromatic carbocycles. The van der Waals surface area contributed by atoms with Crippen LogP contribution in [0.5, 0.6) is 0 Å². The van der Waals surface area contributed by atoms with Crippen molar-refractivity contribution in [2.75, 3.05) is 11.9 Å².